The van der Waals surface area contributed by atoms with Crippen LogP contribution in [0.4, 0.5) is 5.69 Å². The van der Waals surface area contributed by atoms with Crippen LogP contribution in [0, 0.1) is 5.92 Å². The van der Waals surface area contributed by atoms with Crippen molar-refractivity contribution in [2.75, 3.05) is 25.9 Å². The Morgan fingerprint density at radius 3 is 2.88 bits per heavy atom. The van der Waals surface area contributed by atoms with Gasteiger partial charge < -0.3 is 15.4 Å². The summed E-state index contributed by atoms with van der Waals surface area (Å²) in [6.45, 7) is 3.99. The van der Waals surface area contributed by atoms with Crippen molar-refractivity contribution in [3.63, 3.8) is 0 Å². The van der Waals surface area contributed by atoms with Crippen LogP contribution in [-0.4, -0.2) is 31.1 Å². The largest absolute Gasteiger partial charge is 0.492 e. The smallest absolute Gasteiger partial charge is 0.121 e. The molecule has 0 spiro atoms. The number of likely N-dealkylation sites (N-methyl/N-ethyl adjacent to an activating group) is 1. The molecule has 1 aromatic rings. The zero-order valence-corrected chi connectivity index (χ0v) is 10.7. The molecule has 0 aliphatic heterocycles. The van der Waals surface area contributed by atoms with E-state index in [4.69, 9.17) is 10.5 Å². The van der Waals surface area contributed by atoms with Crippen molar-refractivity contribution in [2.45, 2.75) is 25.8 Å². The second-order valence-electron chi connectivity index (χ2n) is 4.98. The molecular weight excluding hydrogens is 212 g/mol. The summed E-state index contributed by atoms with van der Waals surface area (Å²) in [5, 5.41) is 0. The molecule has 17 heavy (non-hydrogen) atoms. The van der Waals surface area contributed by atoms with E-state index in [-0.39, 0.29) is 0 Å². The van der Waals surface area contributed by atoms with E-state index in [9.17, 15) is 0 Å². The zero-order chi connectivity index (χ0) is 12.3. The molecule has 0 amide bonds. The minimum atomic E-state index is 0.680. The predicted molar refractivity (Wildman–Crippen MR) is 71.2 cm³/mol. The van der Waals surface area contributed by atoms with Gasteiger partial charge in [0.15, 0.2) is 0 Å². The van der Waals surface area contributed by atoms with Gasteiger partial charge in [0.2, 0.25) is 0 Å². The maximum Gasteiger partial charge on any atom is 0.121 e. The van der Waals surface area contributed by atoms with Gasteiger partial charge in [0, 0.05) is 24.3 Å². The molecule has 1 atom stereocenters. The fourth-order valence-electron chi connectivity index (χ4n) is 2.05. The van der Waals surface area contributed by atoms with Crippen molar-refractivity contribution in [3.8, 4) is 5.75 Å². The van der Waals surface area contributed by atoms with Crippen LogP contribution in [0.5, 0.6) is 5.75 Å². The van der Waals surface area contributed by atoms with E-state index in [2.05, 4.69) is 18.9 Å². The van der Waals surface area contributed by atoms with Crippen LogP contribution in [0.1, 0.15) is 19.8 Å². The van der Waals surface area contributed by atoms with E-state index in [0.29, 0.717) is 6.04 Å². The van der Waals surface area contributed by atoms with Gasteiger partial charge in [-0.05, 0) is 44.9 Å². The second-order valence-corrected chi connectivity index (χ2v) is 4.98. The molecule has 1 aromatic carbocycles. The summed E-state index contributed by atoms with van der Waals surface area (Å²) >= 11 is 0. The maximum absolute atomic E-state index is 5.70. The van der Waals surface area contributed by atoms with Crippen LogP contribution < -0.4 is 10.5 Å². The van der Waals surface area contributed by atoms with Crippen molar-refractivity contribution in [2.24, 2.45) is 5.92 Å². The highest BCUT2D eigenvalue weighted by atomic mass is 16.5. The van der Waals surface area contributed by atoms with Gasteiger partial charge >= 0.3 is 0 Å². The van der Waals surface area contributed by atoms with E-state index >= 15 is 0 Å². The molecule has 0 bridgehead atoms. The molecule has 0 saturated heterocycles. The van der Waals surface area contributed by atoms with Gasteiger partial charge in [-0.15, -0.1) is 0 Å². The molecule has 1 unspecified atom stereocenters. The molecule has 0 aromatic heterocycles. The number of rotatable bonds is 6. The second kappa shape index (κ2) is 5.41. The lowest BCUT2D eigenvalue weighted by Gasteiger charge is -2.24. The lowest BCUT2D eigenvalue weighted by atomic mass is 10.2. The highest BCUT2D eigenvalue weighted by Crippen LogP contribution is 2.34. The lowest BCUT2D eigenvalue weighted by molar-refractivity contribution is 0.186. The summed E-state index contributed by atoms with van der Waals surface area (Å²) in [4.78, 5) is 2.38. The molecule has 0 heterocycles. The Morgan fingerprint density at radius 1 is 1.47 bits per heavy atom. The van der Waals surface area contributed by atoms with Gasteiger partial charge in [-0.3, -0.25) is 0 Å². The number of nitrogens with two attached hydrogens (primary N) is 1. The number of ether oxygens (including phenoxy) is 1. The first-order valence-electron chi connectivity index (χ1n) is 6.35. The highest BCUT2D eigenvalue weighted by molar-refractivity contribution is 5.43. The molecular formula is C14H22N2O. The average molecular weight is 234 g/mol. The Kier molecular flexibility index (Phi) is 3.89. The Balaban J connectivity index is 1.71. The fourth-order valence-corrected chi connectivity index (χ4v) is 2.05. The first kappa shape index (κ1) is 12.2. The first-order valence-corrected chi connectivity index (χ1v) is 6.35. The van der Waals surface area contributed by atoms with Gasteiger partial charge in [-0.25, -0.2) is 0 Å². The number of anilines is 1. The zero-order valence-electron chi connectivity index (χ0n) is 10.7. The van der Waals surface area contributed by atoms with Crippen LogP contribution in [0.25, 0.3) is 0 Å². The average Bonchev–Trinajstić information content (AvgIpc) is 3.12. The van der Waals surface area contributed by atoms with Gasteiger partial charge in [-0.1, -0.05) is 6.07 Å². The molecule has 94 valence electrons. The molecule has 1 saturated carbocycles. The van der Waals surface area contributed by atoms with Gasteiger partial charge in [0.05, 0.1) is 0 Å². The van der Waals surface area contributed by atoms with Crippen LogP contribution >= 0.6 is 0 Å². The molecule has 1 aliphatic rings. The third kappa shape index (κ3) is 3.63. The van der Waals surface area contributed by atoms with Gasteiger partial charge in [0.1, 0.15) is 12.4 Å². The summed E-state index contributed by atoms with van der Waals surface area (Å²) in [5.74, 6) is 1.77. The lowest BCUT2D eigenvalue weighted by Crippen LogP contribution is -2.34. The fraction of sp³-hybridized carbons (Fsp3) is 0.571. The van der Waals surface area contributed by atoms with E-state index in [1.54, 1.807) is 0 Å². The minimum absolute atomic E-state index is 0.680. The normalized spacial score (nSPS) is 17.1. The van der Waals surface area contributed by atoms with E-state index in [0.717, 1.165) is 30.5 Å². The maximum atomic E-state index is 5.70. The number of benzene rings is 1. The van der Waals surface area contributed by atoms with Gasteiger partial charge in [0.25, 0.3) is 0 Å². The molecule has 1 aliphatic carbocycles. The number of hydrogen-bond donors (Lipinski definition) is 1. The minimum Gasteiger partial charge on any atom is -0.492 e. The third-order valence-corrected chi connectivity index (χ3v) is 3.57. The summed E-state index contributed by atoms with van der Waals surface area (Å²) in [5.41, 5.74) is 6.45. The van der Waals surface area contributed by atoms with E-state index in [1.807, 2.05) is 24.3 Å². The standard InChI is InChI=1S/C14H22N2O/c1-11(12-6-7-12)16(2)8-9-17-14-5-3-4-13(15)10-14/h3-5,10-12H,6-9,15H2,1-2H3. The van der Waals surface area contributed by atoms with Crippen molar-refractivity contribution in [3.05, 3.63) is 24.3 Å². The quantitative estimate of drug-likeness (QED) is 0.768. The Morgan fingerprint density at radius 2 is 2.24 bits per heavy atom. The monoisotopic (exact) mass is 234 g/mol. The predicted octanol–water partition coefficient (Wildman–Crippen LogP) is 2.38. The molecule has 3 heteroatoms. The summed E-state index contributed by atoms with van der Waals surface area (Å²) in [7, 11) is 2.17. The summed E-state index contributed by atoms with van der Waals surface area (Å²) in [6.07, 6.45) is 2.78. The van der Waals surface area contributed by atoms with Crippen molar-refractivity contribution < 1.29 is 4.74 Å². The van der Waals surface area contributed by atoms with E-state index in [1.165, 1.54) is 12.8 Å². The molecule has 0 radical (unpaired) electrons. The Labute approximate surface area is 104 Å². The molecule has 2 N–H and O–H groups in total. The third-order valence-electron chi connectivity index (χ3n) is 3.57. The van der Waals surface area contributed by atoms with Gasteiger partial charge in [-0.2, -0.15) is 0 Å². The highest BCUT2D eigenvalue weighted by Gasteiger charge is 2.30. The van der Waals surface area contributed by atoms with Crippen LogP contribution in [0.15, 0.2) is 24.3 Å². The van der Waals surface area contributed by atoms with Crippen LogP contribution in [0.3, 0.4) is 0 Å². The Hall–Kier alpha value is -1.22. The van der Waals surface area contributed by atoms with Crippen molar-refractivity contribution >= 4 is 5.69 Å². The number of nitrogens with zero attached hydrogens (tertiary/aromatic N) is 1. The van der Waals surface area contributed by atoms with E-state index < -0.39 is 0 Å². The van der Waals surface area contributed by atoms with Crippen molar-refractivity contribution in [1.29, 1.82) is 0 Å². The summed E-state index contributed by atoms with van der Waals surface area (Å²) in [6, 6.07) is 8.28. The number of hydrogen-bond acceptors (Lipinski definition) is 3. The Bertz CT molecular complexity index is 363. The molecule has 2 rings (SSSR count). The first-order chi connectivity index (χ1) is 8.16. The number of nitrogen functional groups attached to an aromatic ring is 1. The SMILES string of the molecule is CC(C1CC1)N(C)CCOc1cccc(N)c1. The molecule has 1 fully saturated rings. The molecule has 3 nitrogen and oxygen atoms in total. The topological polar surface area (TPSA) is 38.5 Å². The van der Waals surface area contributed by atoms with Crippen LogP contribution in [0.2, 0.25) is 0 Å². The van der Waals surface area contributed by atoms with Crippen LogP contribution in [-0.2, 0) is 0 Å². The van der Waals surface area contributed by atoms with Crippen molar-refractivity contribution in [1.82, 2.24) is 4.90 Å². The summed E-state index contributed by atoms with van der Waals surface area (Å²) < 4.78 is 5.69.